The molecule has 0 aromatic heterocycles. The number of aryl methyl sites for hydroxylation is 2. The first-order valence-electron chi connectivity index (χ1n) is 8.14. The van der Waals surface area contributed by atoms with Crippen LogP contribution < -0.4 is 5.32 Å². The van der Waals surface area contributed by atoms with Crippen LogP contribution in [0.4, 0.5) is 0 Å². The molecule has 122 valence electrons. The number of carbonyl (C=O) groups excluding carboxylic acids is 1. The summed E-state index contributed by atoms with van der Waals surface area (Å²) in [5, 5.41) is 3.02. The molecule has 2 aromatic carbocycles. The number of nitrogens with one attached hydrogen (secondary N) is 1. The van der Waals surface area contributed by atoms with Gasteiger partial charge in [-0.3, -0.25) is 4.79 Å². The Morgan fingerprint density at radius 1 is 1.04 bits per heavy atom. The summed E-state index contributed by atoms with van der Waals surface area (Å²) in [6, 6.07) is 18.9. The monoisotopic (exact) mass is 327 g/mol. The third kappa shape index (κ3) is 6.49. The average Bonchev–Trinajstić information content (AvgIpc) is 2.59. The van der Waals surface area contributed by atoms with Gasteiger partial charge >= 0.3 is 0 Å². The minimum absolute atomic E-state index is 0.0189. The van der Waals surface area contributed by atoms with Crippen LogP contribution in [0.3, 0.4) is 0 Å². The Morgan fingerprint density at radius 2 is 1.74 bits per heavy atom. The molecule has 0 spiro atoms. The van der Waals surface area contributed by atoms with Gasteiger partial charge in [0.2, 0.25) is 5.91 Å². The van der Waals surface area contributed by atoms with Gasteiger partial charge in [-0.05, 0) is 37.8 Å². The van der Waals surface area contributed by atoms with Gasteiger partial charge < -0.3 is 5.32 Å². The van der Waals surface area contributed by atoms with Crippen molar-refractivity contribution in [1.29, 1.82) is 0 Å². The van der Waals surface area contributed by atoms with Crippen LogP contribution in [-0.4, -0.2) is 17.7 Å². The van der Waals surface area contributed by atoms with Crippen LogP contribution >= 0.6 is 11.8 Å². The summed E-state index contributed by atoms with van der Waals surface area (Å²) in [7, 11) is 0. The molecule has 0 radical (unpaired) electrons. The Hall–Kier alpha value is -1.74. The third-order valence-electron chi connectivity index (χ3n) is 3.77. The largest absolute Gasteiger partial charge is 0.355 e. The van der Waals surface area contributed by atoms with Gasteiger partial charge in [0, 0.05) is 12.3 Å². The summed E-state index contributed by atoms with van der Waals surface area (Å²) in [4.78, 5) is 12.1. The highest BCUT2D eigenvalue weighted by Gasteiger charge is 2.12. The maximum Gasteiger partial charge on any atom is 0.232 e. The van der Waals surface area contributed by atoms with Gasteiger partial charge in [0.1, 0.15) is 0 Å². The van der Waals surface area contributed by atoms with Gasteiger partial charge in [-0.15, -0.1) is 11.8 Å². The predicted molar refractivity (Wildman–Crippen MR) is 99.7 cm³/mol. The minimum atomic E-state index is -0.0189. The molecule has 0 saturated heterocycles. The highest BCUT2D eigenvalue weighted by molar-refractivity contribution is 7.99. The maximum absolute atomic E-state index is 12.1. The Morgan fingerprint density at radius 3 is 2.43 bits per heavy atom. The molecule has 0 heterocycles. The predicted octanol–water partition coefficient (Wildman–Crippen LogP) is 4.37. The molecule has 0 fully saturated rings. The molecule has 0 aliphatic heterocycles. The normalized spacial score (nSPS) is 11.9. The molecule has 2 rings (SSSR count). The van der Waals surface area contributed by atoms with Crippen molar-refractivity contribution in [3.63, 3.8) is 0 Å². The van der Waals surface area contributed by atoms with Crippen LogP contribution in [0, 0.1) is 6.92 Å². The molecular formula is C20H25NOS. The van der Waals surface area contributed by atoms with E-state index in [1.807, 2.05) is 25.1 Å². The maximum atomic E-state index is 12.1. The van der Waals surface area contributed by atoms with Gasteiger partial charge in [0.25, 0.3) is 0 Å². The van der Waals surface area contributed by atoms with E-state index >= 15 is 0 Å². The van der Waals surface area contributed by atoms with Crippen molar-refractivity contribution in [3.05, 3.63) is 71.3 Å². The van der Waals surface area contributed by atoms with Gasteiger partial charge in [-0.25, -0.2) is 0 Å². The minimum Gasteiger partial charge on any atom is -0.355 e. The van der Waals surface area contributed by atoms with Gasteiger partial charge in [0.15, 0.2) is 0 Å². The van der Waals surface area contributed by atoms with Crippen molar-refractivity contribution in [1.82, 2.24) is 5.32 Å². The quantitative estimate of drug-likeness (QED) is 0.730. The van der Waals surface area contributed by atoms with Crippen molar-refractivity contribution < 1.29 is 4.79 Å². The summed E-state index contributed by atoms with van der Waals surface area (Å²) in [6.07, 6.45) is 1.98. The lowest BCUT2D eigenvalue weighted by atomic mass is 10.1. The molecule has 23 heavy (non-hydrogen) atoms. The molecule has 1 amide bonds. The van der Waals surface area contributed by atoms with Crippen LogP contribution in [0.2, 0.25) is 0 Å². The standard InChI is InChI=1S/C20H25NOS/c1-16-10-12-18(13-11-16)9-6-14-21-20(22)17(2)23-15-19-7-4-3-5-8-19/h3-5,7-8,10-13,17H,6,9,14-15H2,1-2H3,(H,21,22)/t17-/m0/s1. The zero-order chi connectivity index (χ0) is 16.5. The van der Waals surface area contributed by atoms with E-state index in [0.29, 0.717) is 0 Å². The van der Waals surface area contributed by atoms with E-state index in [4.69, 9.17) is 0 Å². The van der Waals surface area contributed by atoms with Crippen molar-refractivity contribution in [2.75, 3.05) is 6.54 Å². The first-order chi connectivity index (χ1) is 11.1. The lowest BCUT2D eigenvalue weighted by Gasteiger charge is -2.12. The highest BCUT2D eigenvalue weighted by Crippen LogP contribution is 2.17. The molecule has 0 aliphatic carbocycles. The van der Waals surface area contributed by atoms with Crippen molar-refractivity contribution in [3.8, 4) is 0 Å². The molecule has 0 aliphatic rings. The molecule has 3 heteroatoms. The molecular weight excluding hydrogens is 302 g/mol. The fraction of sp³-hybridized carbons (Fsp3) is 0.350. The fourth-order valence-corrected chi connectivity index (χ4v) is 3.14. The van der Waals surface area contributed by atoms with Gasteiger partial charge in [-0.1, -0.05) is 60.2 Å². The lowest BCUT2D eigenvalue weighted by molar-refractivity contribution is -0.120. The van der Waals surface area contributed by atoms with Gasteiger partial charge in [0.05, 0.1) is 5.25 Å². The number of amides is 1. The number of thioether (sulfide) groups is 1. The third-order valence-corrected chi connectivity index (χ3v) is 4.99. The van der Waals surface area contributed by atoms with Crippen molar-refractivity contribution in [2.45, 2.75) is 37.7 Å². The molecule has 0 saturated carbocycles. The SMILES string of the molecule is Cc1ccc(CCCNC(=O)[C@H](C)SCc2ccccc2)cc1. The first kappa shape index (κ1) is 17.6. The number of benzene rings is 2. The van der Waals surface area contributed by atoms with Crippen LogP contribution in [0.25, 0.3) is 0 Å². The second-order valence-corrected chi connectivity index (χ2v) is 7.15. The summed E-state index contributed by atoms with van der Waals surface area (Å²) in [5.74, 6) is 1.01. The molecule has 0 bridgehead atoms. The number of carbonyl (C=O) groups is 1. The number of rotatable bonds is 8. The van der Waals surface area contributed by atoms with Gasteiger partial charge in [-0.2, -0.15) is 0 Å². The van der Waals surface area contributed by atoms with Crippen LogP contribution in [0.5, 0.6) is 0 Å². The van der Waals surface area contributed by atoms with E-state index in [9.17, 15) is 4.79 Å². The Balaban J connectivity index is 1.63. The Kier molecular flexibility index (Phi) is 7.21. The van der Waals surface area contributed by atoms with Crippen LogP contribution in [0.15, 0.2) is 54.6 Å². The molecule has 0 unspecified atom stereocenters. The van der Waals surface area contributed by atoms with Crippen molar-refractivity contribution in [2.24, 2.45) is 0 Å². The average molecular weight is 327 g/mol. The van der Waals surface area contributed by atoms with E-state index in [1.54, 1.807) is 11.8 Å². The van der Waals surface area contributed by atoms with Crippen LogP contribution in [-0.2, 0) is 17.0 Å². The molecule has 1 atom stereocenters. The summed E-state index contributed by atoms with van der Waals surface area (Å²) >= 11 is 1.68. The fourth-order valence-electron chi connectivity index (χ4n) is 2.27. The molecule has 2 aromatic rings. The number of hydrogen-bond donors (Lipinski definition) is 1. The summed E-state index contributed by atoms with van der Waals surface area (Å²) in [5.41, 5.74) is 3.87. The van der Waals surface area contributed by atoms with E-state index < -0.39 is 0 Å². The smallest absolute Gasteiger partial charge is 0.232 e. The topological polar surface area (TPSA) is 29.1 Å². The molecule has 1 N–H and O–H groups in total. The Labute approximate surface area is 143 Å². The zero-order valence-electron chi connectivity index (χ0n) is 13.9. The lowest BCUT2D eigenvalue weighted by Crippen LogP contribution is -2.31. The van der Waals surface area contributed by atoms with E-state index in [0.717, 1.165) is 25.1 Å². The van der Waals surface area contributed by atoms with E-state index in [2.05, 4.69) is 48.6 Å². The molecule has 2 nitrogen and oxygen atoms in total. The summed E-state index contributed by atoms with van der Waals surface area (Å²) < 4.78 is 0. The van der Waals surface area contributed by atoms with Crippen molar-refractivity contribution >= 4 is 17.7 Å². The highest BCUT2D eigenvalue weighted by atomic mass is 32.2. The second-order valence-electron chi connectivity index (χ2n) is 5.82. The summed E-state index contributed by atoms with van der Waals surface area (Å²) in [6.45, 7) is 4.81. The van der Waals surface area contributed by atoms with E-state index in [1.165, 1.54) is 16.7 Å². The van der Waals surface area contributed by atoms with Crippen LogP contribution in [0.1, 0.15) is 30.0 Å². The second kappa shape index (κ2) is 9.41. The van der Waals surface area contributed by atoms with E-state index in [-0.39, 0.29) is 11.2 Å². The number of hydrogen-bond acceptors (Lipinski definition) is 2. The Bertz CT molecular complexity index is 595. The first-order valence-corrected chi connectivity index (χ1v) is 9.19. The zero-order valence-corrected chi connectivity index (χ0v) is 14.7.